The number of aromatic nitrogens is 3. The average Bonchev–Trinajstić information content (AvgIpc) is 2.98. The van der Waals surface area contributed by atoms with Gasteiger partial charge in [-0.25, -0.2) is 4.68 Å². The van der Waals surface area contributed by atoms with Crippen LogP contribution < -0.4 is 4.90 Å². The first-order valence-electron chi connectivity index (χ1n) is 6.59. The average molecular weight is 288 g/mol. The van der Waals surface area contributed by atoms with Crippen LogP contribution in [0, 0.1) is 0 Å². The van der Waals surface area contributed by atoms with Crippen molar-refractivity contribution in [1.29, 1.82) is 0 Å². The third kappa shape index (κ3) is 2.43. The van der Waals surface area contributed by atoms with Gasteiger partial charge >= 0.3 is 0 Å². The molecule has 3 rings (SSSR count). The van der Waals surface area contributed by atoms with Gasteiger partial charge in [0.2, 0.25) is 5.91 Å². The summed E-state index contributed by atoms with van der Waals surface area (Å²) in [6, 6.07) is 3.80. The lowest BCUT2D eigenvalue weighted by Crippen LogP contribution is -2.42. The van der Waals surface area contributed by atoms with Crippen molar-refractivity contribution in [3.63, 3.8) is 0 Å². The van der Waals surface area contributed by atoms with Crippen molar-refractivity contribution in [2.24, 2.45) is 0 Å². The SMILES string of the molecule is CSC1CCCN(c2cnn(-c3cccnc3)c2)C1=O. The Balaban J connectivity index is 1.85. The molecule has 0 radical (unpaired) electrons. The van der Waals surface area contributed by atoms with Gasteiger partial charge in [0.15, 0.2) is 0 Å². The highest BCUT2D eigenvalue weighted by Crippen LogP contribution is 2.26. The summed E-state index contributed by atoms with van der Waals surface area (Å²) in [5.74, 6) is 0.189. The standard InChI is InChI=1S/C14H16N4OS/c1-20-13-5-3-7-17(14(13)19)12-9-16-18(10-12)11-4-2-6-15-8-11/h2,4,6,8-10,13H,3,5,7H2,1H3. The van der Waals surface area contributed by atoms with Gasteiger partial charge in [-0.15, -0.1) is 0 Å². The zero-order valence-electron chi connectivity index (χ0n) is 11.3. The van der Waals surface area contributed by atoms with Crippen molar-refractivity contribution in [3.05, 3.63) is 36.9 Å². The van der Waals surface area contributed by atoms with Crippen molar-refractivity contribution in [1.82, 2.24) is 14.8 Å². The number of anilines is 1. The van der Waals surface area contributed by atoms with Crippen LogP contribution in [0.4, 0.5) is 5.69 Å². The van der Waals surface area contributed by atoms with E-state index in [0.29, 0.717) is 0 Å². The first-order chi connectivity index (χ1) is 9.79. The van der Waals surface area contributed by atoms with E-state index < -0.39 is 0 Å². The van der Waals surface area contributed by atoms with E-state index in [0.717, 1.165) is 30.8 Å². The van der Waals surface area contributed by atoms with Crippen LogP contribution in [-0.2, 0) is 4.79 Å². The van der Waals surface area contributed by atoms with Crippen LogP contribution in [0.15, 0.2) is 36.9 Å². The molecule has 0 bridgehead atoms. The first-order valence-corrected chi connectivity index (χ1v) is 7.87. The van der Waals surface area contributed by atoms with Crippen LogP contribution in [0.1, 0.15) is 12.8 Å². The number of pyridine rings is 1. The minimum absolute atomic E-state index is 0.0745. The molecule has 2 aromatic heterocycles. The van der Waals surface area contributed by atoms with Crippen molar-refractivity contribution >= 4 is 23.4 Å². The second-order valence-corrected chi connectivity index (χ2v) is 5.75. The Labute approximate surface area is 122 Å². The molecule has 0 aromatic carbocycles. The monoisotopic (exact) mass is 288 g/mol. The molecule has 1 fully saturated rings. The van der Waals surface area contributed by atoms with Gasteiger partial charge in [-0.1, -0.05) is 0 Å². The molecule has 1 amide bonds. The fourth-order valence-electron chi connectivity index (χ4n) is 2.40. The maximum Gasteiger partial charge on any atom is 0.240 e. The third-order valence-corrected chi connectivity index (χ3v) is 4.47. The molecular formula is C14H16N4OS. The van der Waals surface area contributed by atoms with Crippen LogP contribution in [-0.4, -0.2) is 38.7 Å². The first kappa shape index (κ1) is 13.2. The second-order valence-electron chi connectivity index (χ2n) is 4.71. The van der Waals surface area contributed by atoms with E-state index in [1.54, 1.807) is 35.0 Å². The van der Waals surface area contributed by atoms with Crippen LogP contribution in [0.3, 0.4) is 0 Å². The van der Waals surface area contributed by atoms with Crippen molar-refractivity contribution in [2.45, 2.75) is 18.1 Å². The number of thioether (sulfide) groups is 1. The van der Waals surface area contributed by atoms with Gasteiger partial charge < -0.3 is 4.90 Å². The Morgan fingerprint density at radius 3 is 3.00 bits per heavy atom. The van der Waals surface area contributed by atoms with Gasteiger partial charge in [0.1, 0.15) is 0 Å². The van der Waals surface area contributed by atoms with Crippen LogP contribution >= 0.6 is 11.8 Å². The summed E-state index contributed by atoms with van der Waals surface area (Å²) in [6.45, 7) is 0.772. The largest absolute Gasteiger partial charge is 0.309 e. The Morgan fingerprint density at radius 1 is 1.35 bits per heavy atom. The summed E-state index contributed by atoms with van der Waals surface area (Å²) in [5.41, 5.74) is 1.75. The van der Waals surface area contributed by atoms with Gasteiger partial charge in [0, 0.05) is 12.7 Å². The number of nitrogens with zero attached hydrogens (tertiary/aromatic N) is 4. The molecule has 1 atom stereocenters. The lowest BCUT2D eigenvalue weighted by Gasteiger charge is -2.30. The molecular weight excluding hydrogens is 272 g/mol. The number of piperidine rings is 1. The summed E-state index contributed by atoms with van der Waals surface area (Å²) in [6.07, 6.45) is 11.1. The maximum absolute atomic E-state index is 12.4. The van der Waals surface area contributed by atoms with Gasteiger partial charge in [-0.05, 0) is 31.2 Å². The molecule has 0 N–H and O–H groups in total. The zero-order valence-corrected chi connectivity index (χ0v) is 12.1. The Morgan fingerprint density at radius 2 is 2.25 bits per heavy atom. The molecule has 1 aliphatic rings. The van der Waals surface area contributed by atoms with Gasteiger partial charge in [0.05, 0.1) is 35.2 Å². The molecule has 0 aliphatic carbocycles. The van der Waals surface area contributed by atoms with E-state index in [1.807, 2.05) is 29.5 Å². The molecule has 3 heterocycles. The highest BCUT2D eigenvalue weighted by Gasteiger charge is 2.29. The van der Waals surface area contributed by atoms with Gasteiger partial charge in [0.25, 0.3) is 0 Å². The fraction of sp³-hybridized carbons (Fsp3) is 0.357. The summed E-state index contributed by atoms with van der Waals surface area (Å²) >= 11 is 1.63. The van der Waals surface area contributed by atoms with E-state index in [9.17, 15) is 4.79 Å². The van der Waals surface area contributed by atoms with E-state index in [-0.39, 0.29) is 11.2 Å². The van der Waals surface area contributed by atoms with E-state index >= 15 is 0 Å². The second kappa shape index (κ2) is 5.66. The normalized spacial score (nSPS) is 19.4. The van der Waals surface area contributed by atoms with E-state index in [2.05, 4.69) is 10.1 Å². The molecule has 1 saturated heterocycles. The smallest absolute Gasteiger partial charge is 0.240 e. The highest BCUT2D eigenvalue weighted by atomic mass is 32.2. The lowest BCUT2D eigenvalue weighted by molar-refractivity contribution is -0.119. The zero-order chi connectivity index (χ0) is 13.9. The molecule has 2 aromatic rings. The van der Waals surface area contributed by atoms with Crippen LogP contribution in [0.5, 0.6) is 0 Å². The van der Waals surface area contributed by atoms with E-state index in [1.165, 1.54) is 0 Å². The number of carbonyl (C=O) groups is 1. The number of amides is 1. The summed E-state index contributed by atoms with van der Waals surface area (Å²) in [5, 5.41) is 4.40. The quantitative estimate of drug-likeness (QED) is 0.868. The van der Waals surface area contributed by atoms with Crippen LogP contribution in [0.2, 0.25) is 0 Å². The Kier molecular flexibility index (Phi) is 3.73. The number of rotatable bonds is 3. The summed E-state index contributed by atoms with van der Waals surface area (Å²) < 4.78 is 1.75. The molecule has 1 aliphatic heterocycles. The van der Waals surface area contributed by atoms with Crippen molar-refractivity contribution in [2.75, 3.05) is 17.7 Å². The fourth-order valence-corrected chi connectivity index (χ4v) is 3.13. The van der Waals surface area contributed by atoms with Crippen molar-refractivity contribution in [3.8, 4) is 5.69 Å². The molecule has 0 spiro atoms. The molecule has 6 heteroatoms. The predicted molar refractivity (Wildman–Crippen MR) is 80.2 cm³/mol. The minimum atomic E-state index is 0.0745. The summed E-state index contributed by atoms with van der Waals surface area (Å²) in [7, 11) is 0. The van der Waals surface area contributed by atoms with Gasteiger partial charge in [-0.2, -0.15) is 16.9 Å². The maximum atomic E-state index is 12.4. The minimum Gasteiger partial charge on any atom is -0.309 e. The number of carbonyl (C=O) groups excluding carboxylic acids is 1. The topological polar surface area (TPSA) is 51.0 Å². The number of hydrogen-bond acceptors (Lipinski definition) is 4. The lowest BCUT2D eigenvalue weighted by atomic mass is 10.1. The molecule has 104 valence electrons. The number of hydrogen-bond donors (Lipinski definition) is 0. The van der Waals surface area contributed by atoms with Crippen molar-refractivity contribution < 1.29 is 4.79 Å². The van der Waals surface area contributed by atoms with Crippen LogP contribution in [0.25, 0.3) is 5.69 Å². The Hall–Kier alpha value is -1.82. The molecule has 0 saturated carbocycles. The highest BCUT2D eigenvalue weighted by molar-refractivity contribution is 7.99. The molecule has 20 heavy (non-hydrogen) atoms. The molecule has 1 unspecified atom stereocenters. The third-order valence-electron chi connectivity index (χ3n) is 3.47. The predicted octanol–water partition coefficient (Wildman–Crippen LogP) is 2.13. The van der Waals surface area contributed by atoms with Gasteiger partial charge in [-0.3, -0.25) is 9.78 Å². The molecule has 5 nitrogen and oxygen atoms in total. The van der Waals surface area contributed by atoms with E-state index in [4.69, 9.17) is 0 Å². The summed E-state index contributed by atoms with van der Waals surface area (Å²) in [4.78, 5) is 18.3. The Bertz CT molecular complexity index is 598.